The third-order valence-electron chi connectivity index (χ3n) is 2.39. The van der Waals surface area contributed by atoms with Crippen molar-refractivity contribution in [1.29, 1.82) is 0 Å². The number of rotatable bonds is 3. The first-order valence-corrected chi connectivity index (χ1v) is 6.42. The number of aromatic nitrogens is 1. The van der Waals surface area contributed by atoms with E-state index in [0.717, 1.165) is 16.3 Å². The highest BCUT2D eigenvalue weighted by Crippen LogP contribution is 2.32. The van der Waals surface area contributed by atoms with Crippen LogP contribution in [0.2, 0.25) is 5.02 Å². The molecule has 2 aromatic rings. The lowest BCUT2D eigenvalue weighted by molar-refractivity contribution is 0.415. The minimum absolute atomic E-state index is 0.0475. The van der Waals surface area contributed by atoms with Crippen LogP contribution in [0.15, 0.2) is 23.6 Å². The fraction of sp³-hybridized carbons (Fsp3) is 0.250. The second-order valence-electron chi connectivity index (χ2n) is 3.72. The van der Waals surface area contributed by atoms with Crippen molar-refractivity contribution >= 4 is 22.9 Å². The first-order chi connectivity index (χ1) is 8.11. The molecule has 5 heteroatoms. The van der Waals surface area contributed by atoms with E-state index in [-0.39, 0.29) is 6.04 Å². The Kier molecular flexibility index (Phi) is 3.66. The van der Waals surface area contributed by atoms with Gasteiger partial charge in [-0.05, 0) is 25.1 Å². The first-order valence-electron chi connectivity index (χ1n) is 5.16. The average Bonchev–Trinajstić information content (AvgIpc) is 2.78. The van der Waals surface area contributed by atoms with Crippen molar-refractivity contribution in [2.24, 2.45) is 5.73 Å². The van der Waals surface area contributed by atoms with Crippen molar-refractivity contribution in [2.45, 2.75) is 13.0 Å². The maximum absolute atomic E-state index is 6.08. The Morgan fingerprint density at radius 2 is 2.24 bits per heavy atom. The SMILES string of the molecule is COc1ccc(-c2nc(C(C)N)cs2)cc1Cl. The van der Waals surface area contributed by atoms with Gasteiger partial charge in [0, 0.05) is 17.0 Å². The molecule has 1 aromatic heterocycles. The molecule has 0 spiro atoms. The lowest BCUT2D eigenvalue weighted by Crippen LogP contribution is -2.04. The van der Waals surface area contributed by atoms with E-state index in [1.54, 1.807) is 18.4 Å². The Morgan fingerprint density at radius 1 is 1.47 bits per heavy atom. The summed E-state index contributed by atoms with van der Waals surface area (Å²) in [5, 5.41) is 3.47. The Hall–Kier alpha value is -1.10. The fourth-order valence-corrected chi connectivity index (χ4v) is 2.61. The molecule has 90 valence electrons. The van der Waals surface area contributed by atoms with Gasteiger partial charge in [0.1, 0.15) is 10.8 Å². The highest BCUT2D eigenvalue weighted by molar-refractivity contribution is 7.13. The van der Waals surface area contributed by atoms with Crippen molar-refractivity contribution < 1.29 is 4.74 Å². The molecule has 1 unspecified atom stereocenters. The third kappa shape index (κ3) is 2.60. The summed E-state index contributed by atoms with van der Waals surface area (Å²) in [4.78, 5) is 4.47. The van der Waals surface area contributed by atoms with Gasteiger partial charge in [0.05, 0.1) is 17.8 Å². The summed E-state index contributed by atoms with van der Waals surface area (Å²) >= 11 is 7.64. The van der Waals surface area contributed by atoms with E-state index < -0.39 is 0 Å². The number of nitrogens with two attached hydrogens (primary N) is 1. The van der Waals surface area contributed by atoms with Crippen molar-refractivity contribution in [3.63, 3.8) is 0 Å². The fourth-order valence-electron chi connectivity index (χ4n) is 1.43. The number of benzene rings is 1. The summed E-state index contributed by atoms with van der Waals surface area (Å²) in [6, 6.07) is 5.58. The molecule has 2 N–H and O–H groups in total. The number of hydrogen-bond donors (Lipinski definition) is 1. The molecule has 17 heavy (non-hydrogen) atoms. The number of methoxy groups -OCH3 is 1. The van der Waals surface area contributed by atoms with E-state index in [9.17, 15) is 0 Å². The minimum Gasteiger partial charge on any atom is -0.495 e. The smallest absolute Gasteiger partial charge is 0.137 e. The highest BCUT2D eigenvalue weighted by Gasteiger charge is 2.09. The quantitative estimate of drug-likeness (QED) is 0.927. The van der Waals surface area contributed by atoms with E-state index in [0.29, 0.717) is 10.8 Å². The van der Waals surface area contributed by atoms with Gasteiger partial charge in [0.25, 0.3) is 0 Å². The molecule has 0 aliphatic rings. The van der Waals surface area contributed by atoms with E-state index in [1.165, 1.54) is 0 Å². The largest absolute Gasteiger partial charge is 0.495 e. The van der Waals surface area contributed by atoms with Crippen molar-refractivity contribution in [1.82, 2.24) is 4.98 Å². The molecule has 1 heterocycles. The maximum atomic E-state index is 6.08. The van der Waals surface area contributed by atoms with Crippen LogP contribution in [0.4, 0.5) is 0 Å². The van der Waals surface area contributed by atoms with E-state index in [1.807, 2.05) is 30.5 Å². The number of halogens is 1. The van der Waals surface area contributed by atoms with Gasteiger partial charge in [-0.1, -0.05) is 11.6 Å². The van der Waals surface area contributed by atoms with Crippen LogP contribution in [-0.4, -0.2) is 12.1 Å². The van der Waals surface area contributed by atoms with Gasteiger partial charge in [-0.2, -0.15) is 0 Å². The predicted molar refractivity (Wildman–Crippen MR) is 71.7 cm³/mol. The third-order valence-corrected chi connectivity index (χ3v) is 3.59. The Morgan fingerprint density at radius 3 is 2.76 bits per heavy atom. The molecular weight excluding hydrogens is 256 g/mol. The molecule has 2 rings (SSSR count). The lowest BCUT2D eigenvalue weighted by Gasteiger charge is -2.04. The van der Waals surface area contributed by atoms with Gasteiger partial charge in [0.2, 0.25) is 0 Å². The standard InChI is InChI=1S/C12H13ClN2OS/c1-7(14)10-6-17-12(15-10)8-3-4-11(16-2)9(13)5-8/h3-7H,14H2,1-2H3. The van der Waals surface area contributed by atoms with E-state index in [2.05, 4.69) is 4.98 Å². The molecule has 0 radical (unpaired) electrons. The van der Waals surface area contributed by atoms with Crippen LogP contribution in [-0.2, 0) is 0 Å². The Balaban J connectivity index is 2.36. The van der Waals surface area contributed by atoms with Gasteiger partial charge in [-0.25, -0.2) is 4.98 Å². The Bertz CT molecular complexity index is 525. The van der Waals surface area contributed by atoms with Gasteiger partial charge in [-0.3, -0.25) is 0 Å². The van der Waals surface area contributed by atoms with Crippen LogP contribution in [0.25, 0.3) is 10.6 Å². The van der Waals surface area contributed by atoms with Crippen LogP contribution >= 0.6 is 22.9 Å². The molecule has 1 atom stereocenters. The zero-order valence-electron chi connectivity index (χ0n) is 9.61. The molecule has 0 aliphatic heterocycles. The molecular formula is C12H13ClN2OS. The summed E-state index contributed by atoms with van der Waals surface area (Å²) in [5.74, 6) is 0.666. The molecule has 0 fully saturated rings. The highest BCUT2D eigenvalue weighted by atomic mass is 35.5. The molecule has 0 aliphatic carbocycles. The normalized spacial score (nSPS) is 12.5. The molecule has 0 saturated heterocycles. The van der Waals surface area contributed by atoms with Crippen LogP contribution in [0.3, 0.4) is 0 Å². The van der Waals surface area contributed by atoms with Gasteiger partial charge in [0.15, 0.2) is 0 Å². The van der Waals surface area contributed by atoms with E-state index >= 15 is 0 Å². The molecule has 0 amide bonds. The zero-order chi connectivity index (χ0) is 12.4. The van der Waals surface area contributed by atoms with Gasteiger partial charge < -0.3 is 10.5 Å². The predicted octanol–water partition coefficient (Wildman–Crippen LogP) is 3.49. The van der Waals surface area contributed by atoms with Crippen LogP contribution in [0.1, 0.15) is 18.7 Å². The second kappa shape index (κ2) is 5.04. The molecule has 1 aromatic carbocycles. The number of thiazole rings is 1. The molecule has 3 nitrogen and oxygen atoms in total. The lowest BCUT2D eigenvalue weighted by atomic mass is 10.2. The maximum Gasteiger partial charge on any atom is 0.137 e. The minimum atomic E-state index is -0.0475. The number of hydrogen-bond acceptors (Lipinski definition) is 4. The van der Waals surface area contributed by atoms with Crippen LogP contribution in [0.5, 0.6) is 5.75 Å². The monoisotopic (exact) mass is 268 g/mol. The first kappa shape index (κ1) is 12.4. The number of ether oxygens (including phenoxy) is 1. The molecule has 0 bridgehead atoms. The average molecular weight is 269 g/mol. The van der Waals surface area contributed by atoms with Crippen molar-refractivity contribution in [2.75, 3.05) is 7.11 Å². The topological polar surface area (TPSA) is 48.1 Å². The summed E-state index contributed by atoms with van der Waals surface area (Å²) < 4.78 is 5.11. The molecule has 0 saturated carbocycles. The van der Waals surface area contributed by atoms with Crippen molar-refractivity contribution in [3.8, 4) is 16.3 Å². The van der Waals surface area contributed by atoms with Gasteiger partial charge >= 0.3 is 0 Å². The van der Waals surface area contributed by atoms with E-state index in [4.69, 9.17) is 22.1 Å². The summed E-state index contributed by atoms with van der Waals surface area (Å²) in [5.41, 5.74) is 7.66. The van der Waals surface area contributed by atoms with Crippen LogP contribution in [0, 0.1) is 0 Å². The number of nitrogens with zero attached hydrogens (tertiary/aromatic N) is 1. The zero-order valence-corrected chi connectivity index (χ0v) is 11.2. The van der Waals surface area contributed by atoms with Crippen LogP contribution < -0.4 is 10.5 Å². The summed E-state index contributed by atoms with van der Waals surface area (Å²) in [7, 11) is 1.60. The van der Waals surface area contributed by atoms with Crippen molar-refractivity contribution in [3.05, 3.63) is 34.3 Å². The Labute approximate surface area is 109 Å². The summed E-state index contributed by atoms with van der Waals surface area (Å²) in [6.45, 7) is 1.92. The summed E-state index contributed by atoms with van der Waals surface area (Å²) in [6.07, 6.45) is 0. The second-order valence-corrected chi connectivity index (χ2v) is 4.98. The van der Waals surface area contributed by atoms with Gasteiger partial charge in [-0.15, -0.1) is 11.3 Å².